The van der Waals surface area contributed by atoms with E-state index in [1.165, 1.54) is 0 Å². The normalized spacial score (nSPS) is 18.3. The maximum absolute atomic E-state index is 10.6. The van der Waals surface area contributed by atoms with Crippen LogP contribution in [0.2, 0.25) is 0 Å². The largest absolute Gasteiger partial charge is 0.507 e. The lowest BCUT2D eigenvalue weighted by molar-refractivity contribution is 0.414. The van der Waals surface area contributed by atoms with Crippen LogP contribution in [-0.2, 0) is 0 Å². The van der Waals surface area contributed by atoms with Crippen molar-refractivity contribution >= 4 is 27.2 Å². The van der Waals surface area contributed by atoms with Crippen molar-refractivity contribution in [3.63, 3.8) is 0 Å². The number of aromatic hydroxyl groups is 1. The van der Waals surface area contributed by atoms with Crippen LogP contribution in [0.5, 0.6) is 5.75 Å². The average molecular weight is 340 g/mol. The lowest BCUT2D eigenvalue weighted by Crippen LogP contribution is -2.24. The molecule has 0 bridgehead atoms. The van der Waals surface area contributed by atoms with Crippen molar-refractivity contribution in [3.05, 3.63) is 35.2 Å². The van der Waals surface area contributed by atoms with E-state index in [4.69, 9.17) is 0 Å². The molecule has 0 amide bonds. The molecule has 124 valence electrons. The van der Waals surface area contributed by atoms with Crippen LogP contribution < -0.4 is 5.32 Å². The molecule has 0 aliphatic carbocycles. The third-order valence-electron chi connectivity index (χ3n) is 4.59. The summed E-state index contributed by atoms with van der Waals surface area (Å²) in [5.41, 5.74) is 2.47. The summed E-state index contributed by atoms with van der Waals surface area (Å²) in [6.45, 7) is 4.14. The molecule has 3 heterocycles. The van der Waals surface area contributed by atoms with Gasteiger partial charge in [-0.05, 0) is 62.1 Å². The second-order valence-corrected chi connectivity index (χ2v) is 7.40. The number of aromatic nitrogens is 2. The maximum Gasteiger partial charge on any atom is 0.149 e. The fourth-order valence-corrected chi connectivity index (χ4v) is 4.09. The zero-order valence-corrected chi connectivity index (χ0v) is 14.6. The number of thiophene rings is 1. The van der Waals surface area contributed by atoms with Crippen LogP contribution in [0, 0.1) is 6.92 Å². The van der Waals surface area contributed by atoms with E-state index in [-0.39, 0.29) is 5.75 Å². The number of rotatable bonds is 3. The summed E-state index contributed by atoms with van der Waals surface area (Å²) < 4.78 is 1.07. The molecule has 1 fully saturated rings. The van der Waals surface area contributed by atoms with Crippen molar-refractivity contribution in [1.29, 1.82) is 0 Å². The lowest BCUT2D eigenvalue weighted by Gasteiger charge is -2.14. The number of hydrogen-bond acceptors (Lipinski definition) is 6. The highest BCUT2D eigenvalue weighted by Gasteiger charge is 2.20. The molecule has 1 aliphatic rings. The van der Waals surface area contributed by atoms with Gasteiger partial charge in [-0.25, -0.2) is 0 Å². The van der Waals surface area contributed by atoms with Crippen LogP contribution in [-0.4, -0.2) is 46.4 Å². The molecule has 2 aromatic heterocycles. The number of likely N-dealkylation sites (tertiary alicyclic amines) is 1. The summed E-state index contributed by atoms with van der Waals surface area (Å²) in [4.78, 5) is 2.31. The molecule has 0 saturated carbocycles. The molecule has 3 aromatic rings. The van der Waals surface area contributed by atoms with E-state index in [9.17, 15) is 5.11 Å². The zero-order chi connectivity index (χ0) is 16.7. The number of nitrogens with one attached hydrogen (secondary N) is 1. The second-order valence-electron chi connectivity index (χ2n) is 6.45. The third-order valence-corrected chi connectivity index (χ3v) is 5.47. The Hall–Kier alpha value is -2.18. The number of likely N-dealkylation sites (N-methyl/N-ethyl adjacent to an activating group) is 1. The molecule has 24 heavy (non-hydrogen) atoms. The number of fused-ring (bicyclic) bond motifs is 1. The van der Waals surface area contributed by atoms with E-state index in [1.807, 2.05) is 36.6 Å². The molecule has 1 saturated heterocycles. The summed E-state index contributed by atoms with van der Waals surface area (Å²) in [7, 11) is 2.13. The first-order valence-corrected chi connectivity index (χ1v) is 8.99. The molecule has 4 rings (SSSR count). The first-order chi connectivity index (χ1) is 11.6. The highest BCUT2D eigenvalue weighted by atomic mass is 32.1. The minimum atomic E-state index is 0.282. The van der Waals surface area contributed by atoms with E-state index in [0.717, 1.165) is 52.2 Å². The third kappa shape index (κ3) is 2.72. The first-order valence-electron chi connectivity index (χ1n) is 8.11. The van der Waals surface area contributed by atoms with Gasteiger partial charge in [-0.3, -0.25) is 0 Å². The average Bonchev–Trinajstić information content (AvgIpc) is 3.18. The molecule has 1 atom stereocenters. The zero-order valence-electron chi connectivity index (χ0n) is 13.8. The van der Waals surface area contributed by atoms with Crippen LogP contribution >= 0.6 is 11.3 Å². The molecule has 0 unspecified atom stereocenters. The van der Waals surface area contributed by atoms with Crippen molar-refractivity contribution in [2.45, 2.75) is 19.4 Å². The smallest absolute Gasteiger partial charge is 0.149 e. The summed E-state index contributed by atoms with van der Waals surface area (Å²) >= 11 is 1.62. The van der Waals surface area contributed by atoms with Gasteiger partial charge in [0.15, 0.2) is 0 Å². The van der Waals surface area contributed by atoms with Gasteiger partial charge in [0.1, 0.15) is 11.6 Å². The number of hydrogen-bond donors (Lipinski definition) is 2. The van der Waals surface area contributed by atoms with Crippen molar-refractivity contribution in [1.82, 2.24) is 15.1 Å². The molecule has 0 radical (unpaired) electrons. The van der Waals surface area contributed by atoms with E-state index in [2.05, 4.69) is 27.5 Å². The Morgan fingerprint density at radius 1 is 1.29 bits per heavy atom. The molecular formula is C18H20N4OS. The molecular weight excluding hydrogens is 320 g/mol. The van der Waals surface area contributed by atoms with Gasteiger partial charge in [0.05, 0.1) is 5.69 Å². The maximum atomic E-state index is 10.6. The monoisotopic (exact) mass is 340 g/mol. The van der Waals surface area contributed by atoms with Crippen molar-refractivity contribution < 1.29 is 5.11 Å². The number of nitrogens with zero attached hydrogens (tertiary/aromatic N) is 3. The Balaban J connectivity index is 1.64. The predicted molar refractivity (Wildman–Crippen MR) is 98.8 cm³/mol. The molecule has 1 aliphatic heterocycles. The minimum Gasteiger partial charge on any atom is -0.507 e. The lowest BCUT2D eigenvalue weighted by atomic mass is 10.0. The number of benzene rings is 1. The highest BCUT2D eigenvalue weighted by Crippen LogP contribution is 2.38. The van der Waals surface area contributed by atoms with E-state index in [0.29, 0.717) is 6.04 Å². The van der Waals surface area contributed by atoms with E-state index in [1.54, 1.807) is 11.3 Å². The van der Waals surface area contributed by atoms with Gasteiger partial charge in [-0.15, -0.1) is 21.5 Å². The van der Waals surface area contributed by atoms with Gasteiger partial charge >= 0.3 is 0 Å². The Morgan fingerprint density at radius 2 is 2.17 bits per heavy atom. The fourth-order valence-electron chi connectivity index (χ4n) is 3.30. The van der Waals surface area contributed by atoms with Crippen LogP contribution in [0.1, 0.15) is 12.0 Å². The number of aryl methyl sites for hydroxylation is 1. The van der Waals surface area contributed by atoms with Gasteiger partial charge < -0.3 is 15.3 Å². The summed E-state index contributed by atoms with van der Waals surface area (Å²) in [6.07, 6.45) is 1.12. The predicted octanol–water partition coefficient (Wildman–Crippen LogP) is 3.49. The number of phenolic OH excluding ortho intramolecular Hbond substituents is 1. The highest BCUT2D eigenvalue weighted by molar-refractivity contribution is 7.17. The molecule has 2 N–H and O–H groups in total. The number of anilines is 1. The second kappa shape index (κ2) is 6.03. The van der Waals surface area contributed by atoms with Gasteiger partial charge in [-0.1, -0.05) is 0 Å². The summed E-state index contributed by atoms with van der Waals surface area (Å²) in [6, 6.07) is 8.32. The number of phenols is 1. The molecule has 0 spiro atoms. The summed E-state index contributed by atoms with van der Waals surface area (Å²) in [5.74, 6) is 1.08. The van der Waals surface area contributed by atoms with Crippen LogP contribution in [0.4, 0.5) is 5.82 Å². The Kier molecular flexibility index (Phi) is 3.86. The van der Waals surface area contributed by atoms with Crippen LogP contribution in [0.3, 0.4) is 0 Å². The Labute approximate surface area is 145 Å². The Bertz CT molecular complexity index is 892. The van der Waals surface area contributed by atoms with Crippen molar-refractivity contribution in [2.75, 3.05) is 25.5 Å². The minimum absolute atomic E-state index is 0.282. The van der Waals surface area contributed by atoms with Gasteiger partial charge in [0, 0.05) is 28.2 Å². The quantitative estimate of drug-likeness (QED) is 0.764. The SMILES string of the molecule is Cc1cc(N[C@H]2CCN(C)C2)nnc1-c1ccc2sccc2c1O. The standard InChI is InChI=1S/C18H20N4OS/c1-11-9-16(19-12-5-7-22(2)10-12)20-21-17(11)14-3-4-15-13(18(14)23)6-8-24-15/h3-4,6,8-9,12,23H,5,7,10H2,1-2H3,(H,19,20)/t12-/m0/s1. The molecule has 6 heteroatoms. The van der Waals surface area contributed by atoms with E-state index < -0.39 is 0 Å². The van der Waals surface area contributed by atoms with Gasteiger partial charge in [0.2, 0.25) is 0 Å². The topological polar surface area (TPSA) is 61.3 Å². The van der Waals surface area contributed by atoms with Crippen molar-refractivity contribution in [3.8, 4) is 17.0 Å². The van der Waals surface area contributed by atoms with Crippen LogP contribution in [0.15, 0.2) is 29.6 Å². The Morgan fingerprint density at radius 3 is 2.92 bits per heavy atom. The summed E-state index contributed by atoms with van der Waals surface area (Å²) in [5, 5.41) is 25.6. The van der Waals surface area contributed by atoms with Gasteiger partial charge in [0.25, 0.3) is 0 Å². The molecule has 5 nitrogen and oxygen atoms in total. The van der Waals surface area contributed by atoms with Gasteiger partial charge in [-0.2, -0.15) is 0 Å². The first kappa shape index (κ1) is 15.4. The molecule has 1 aromatic carbocycles. The van der Waals surface area contributed by atoms with Crippen molar-refractivity contribution in [2.24, 2.45) is 0 Å². The fraction of sp³-hybridized carbons (Fsp3) is 0.333. The van der Waals surface area contributed by atoms with Crippen LogP contribution in [0.25, 0.3) is 21.3 Å². The van der Waals surface area contributed by atoms with E-state index >= 15 is 0 Å².